The Hall–Kier alpha value is -0.810. The number of guanidine groups is 1. The molecular formula is C23H45N5. The van der Waals surface area contributed by atoms with Gasteiger partial charge in [-0.3, -0.25) is 4.99 Å². The number of hydrogen-bond donors (Lipinski definition) is 1. The number of hydrogen-bond acceptors (Lipinski definition) is 3. The first-order valence-corrected chi connectivity index (χ1v) is 12.0. The predicted octanol–water partition coefficient (Wildman–Crippen LogP) is 3.27. The lowest BCUT2D eigenvalue weighted by molar-refractivity contribution is 0.115. The Kier molecular flexibility index (Phi) is 8.46. The van der Waals surface area contributed by atoms with Gasteiger partial charge in [-0.1, -0.05) is 32.6 Å². The molecule has 5 nitrogen and oxygen atoms in total. The Balaban J connectivity index is 1.55. The lowest BCUT2D eigenvalue weighted by atomic mass is 9.74. The van der Waals surface area contributed by atoms with E-state index in [1.54, 1.807) is 0 Å². The largest absolute Gasteiger partial charge is 0.357 e. The van der Waals surface area contributed by atoms with Crippen molar-refractivity contribution in [1.82, 2.24) is 20.0 Å². The van der Waals surface area contributed by atoms with Crippen molar-refractivity contribution in [3.8, 4) is 0 Å². The number of piperidine rings is 1. The lowest BCUT2D eigenvalue weighted by Gasteiger charge is -2.44. The second-order valence-corrected chi connectivity index (χ2v) is 9.84. The van der Waals surface area contributed by atoms with Crippen LogP contribution in [0.25, 0.3) is 0 Å². The summed E-state index contributed by atoms with van der Waals surface area (Å²) < 4.78 is 0. The van der Waals surface area contributed by atoms with Crippen LogP contribution in [0.15, 0.2) is 4.99 Å². The first-order chi connectivity index (χ1) is 13.6. The number of piperazine rings is 1. The summed E-state index contributed by atoms with van der Waals surface area (Å²) in [6.45, 7) is 14.9. The normalized spacial score (nSPS) is 26.2. The highest BCUT2D eigenvalue weighted by Crippen LogP contribution is 2.42. The van der Waals surface area contributed by atoms with Gasteiger partial charge in [0.2, 0.25) is 0 Å². The van der Waals surface area contributed by atoms with Crippen molar-refractivity contribution in [2.24, 2.45) is 16.3 Å². The monoisotopic (exact) mass is 391 g/mol. The van der Waals surface area contributed by atoms with Crippen molar-refractivity contribution in [3.05, 3.63) is 0 Å². The Labute approximate surface area is 173 Å². The number of nitrogens with zero attached hydrogens (tertiary/aromatic N) is 4. The molecule has 1 N–H and O–H groups in total. The zero-order valence-electron chi connectivity index (χ0n) is 18.9. The zero-order chi connectivity index (χ0) is 19.8. The fourth-order valence-corrected chi connectivity index (χ4v) is 5.47. The third kappa shape index (κ3) is 6.35. The summed E-state index contributed by atoms with van der Waals surface area (Å²) in [5, 5.41) is 3.61. The summed E-state index contributed by atoms with van der Waals surface area (Å²) in [7, 11) is 2.23. The van der Waals surface area contributed by atoms with E-state index in [0.717, 1.165) is 13.1 Å². The molecule has 3 aliphatic rings. The molecule has 28 heavy (non-hydrogen) atoms. The minimum atomic E-state index is 0.566. The summed E-state index contributed by atoms with van der Waals surface area (Å²) in [5.41, 5.74) is 0.566. The summed E-state index contributed by atoms with van der Waals surface area (Å²) in [5.74, 6) is 1.80. The molecule has 162 valence electrons. The van der Waals surface area contributed by atoms with Gasteiger partial charge in [0.05, 0.1) is 0 Å². The average molecular weight is 392 g/mol. The topological polar surface area (TPSA) is 34.1 Å². The fourth-order valence-electron chi connectivity index (χ4n) is 5.47. The Morgan fingerprint density at radius 1 is 0.964 bits per heavy atom. The Bertz CT molecular complexity index is 475. The molecule has 1 atom stereocenters. The molecular weight excluding hydrogens is 346 g/mol. The van der Waals surface area contributed by atoms with Crippen LogP contribution in [0, 0.1) is 11.3 Å². The van der Waals surface area contributed by atoms with E-state index in [0.29, 0.717) is 11.3 Å². The second-order valence-electron chi connectivity index (χ2n) is 9.84. The summed E-state index contributed by atoms with van der Waals surface area (Å²) in [6, 6.07) is 0. The highest BCUT2D eigenvalue weighted by atomic mass is 15.3. The van der Waals surface area contributed by atoms with Crippen molar-refractivity contribution in [2.75, 3.05) is 66.0 Å². The molecule has 0 radical (unpaired) electrons. The smallest absolute Gasteiger partial charge is 0.193 e. The molecule has 3 fully saturated rings. The van der Waals surface area contributed by atoms with E-state index in [1.807, 2.05) is 0 Å². The highest BCUT2D eigenvalue weighted by molar-refractivity contribution is 5.80. The zero-order valence-corrected chi connectivity index (χ0v) is 18.9. The van der Waals surface area contributed by atoms with Gasteiger partial charge in [-0.15, -0.1) is 0 Å². The van der Waals surface area contributed by atoms with Gasteiger partial charge in [-0.05, 0) is 51.0 Å². The standard InChI is InChI=1S/C23H45N5/c1-4-24-22(25-18-21(2)19-27-16-14-26(3)15-17-27)28-13-9-12-23(20-28)10-7-5-6-8-11-23/h21H,4-20H2,1-3H3,(H,24,25). The van der Waals surface area contributed by atoms with Gasteiger partial charge < -0.3 is 20.0 Å². The van der Waals surface area contributed by atoms with Crippen LogP contribution >= 0.6 is 0 Å². The van der Waals surface area contributed by atoms with E-state index in [1.165, 1.54) is 103 Å². The third-order valence-corrected chi connectivity index (χ3v) is 7.18. The second kappa shape index (κ2) is 10.8. The molecule has 0 bridgehead atoms. The van der Waals surface area contributed by atoms with Crippen molar-refractivity contribution >= 4 is 5.96 Å². The highest BCUT2D eigenvalue weighted by Gasteiger charge is 2.36. The number of likely N-dealkylation sites (tertiary alicyclic amines) is 1. The van der Waals surface area contributed by atoms with Crippen LogP contribution in [0.3, 0.4) is 0 Å². The first-order valence-electron chi connectivity index (χ1n) is 12.0. The molecule has 2 heterocycles. The van der Waals surface area contributed by atoms with E-state index >= 15 is 0 Å². The van der Waals surface area contributed by atoms with Crippen LogP contribution in [0.4, 0.5) is 0 Å². The predicted molar refractivity (Wildman–Crippen MR) is 120 cm³/mol. The lowest BCUT2D eigenvalue weighted by Crippen LogP contribution is -2.50. The van der Waals surface area contributed by atoms with Gasteiger partial charge >= 0.3 is 0 Å². The van der Waals surface area contributed by atoms with Crippen molar-refractivity contribution in [2.45, 2.75) is 65.2 Å². The van der Waals surface area contributed by atoms with Gasteiger partial charge in [0.25, 0.3) is 0 Å². The van der Waals surface area contributed by atoms with E-state index < -0.39 is 0 Å². The van der Waals surface area contributed by atoms with Crippen LogP contribution < -0.4 is 5.32 Å². The van der Waals surface area contributed by atoms with E-state index in [9.17, 15) is 0 Å². The van der Waals surface area contributed by atoms with Crippen LogP contribution in [-0.2, 0) is 0 Å². The van der Waals surface area contributed by atoms with Crippen molar-refractivity contribution < 1.29 is 0 Å². The minimum Gasteiger partial charge on any atom is -0.357 e. The van der Waals surface area contributed by atoms with Gasteiger partial charge in [-0.25, -0.2) is 0 Å². The SMILES string of the molecule is CCNC(=NCC(C)CN1CCN(C)CC1)N1CCCC2(CCCCCC2)C1. The molecule has 0 aromatic carbocycles. The molecule has 2 aliphatic heterocycles. The average Bonchev–Trinajstić information content (AvgIpc) is 2.92. The van der Waals surface area contributed by atoms with E-state index in [2.05, 4.69) is 40.9 Å². The molecule has 2 saturated heterocycles. The maximum Gasteiger partial charge on any atom is 0.193 e. The number of nitrogens with one attached hydrogen (secondary N) is 1. The molecule has 0 aromatic rings. The van der Waals surface area contributed by atoms with Crippen LogP contribution in [0.1, 0.15) is 65.2 Å². The molecule has 5 heteroatoms. The Morgan fingerprint density at radius 2 is 1.64 bits per heavy atom. The van der Waals surface area contributed by atoms with Crippen LogP contribution in [0.5, 0.6) is 0 Å². The summed E-state index contributed by atoms with van der Waals surface area (Å²) >= 11 is 0. The van der Waals surface area contributed by atoms with Gasteiger partial charge in [-0.2, -0.15) is 0 Å². The quantitative estimate of drug-likeness (QED) is 0.576. The maximum atomic E-state index is 5.11. The number of likely N-dealkylation sites (N-methyl/N-ethyl adjacent to an activating group) is 1. The molecule has 1 saturated carbocycles. The fraction of sp³-hybridized carbons (Fsp3) is 0.957. The van der Waals surface area contributed by atoms with Gasteiger partial charge in [0.1, 0.15) is 0 Å². The van der Waals surface area contributed by atoms with Crippen LogP contribution in [-0.4, -0.2) is 86.6 Å². The maximum absolute atomic E-state index is 5.11. The van der Waals surface area contributed by atoms with Gasteiger partial charge in [0.15, 0.2) is 5.96 Å². The minimum absolute atomic E-state index is 0.566. The molecule has 1 spiro atoms. The third-order valence-electron chi connectivity index (χ3n) is 7.18. The van der Waals surface area contributed by atoms with Crippen molar-refractivity contribution in [3.63, 3.8) is 0 Å². The summed E-state index contributed by atoms with van der Waals surface area (Å²) in [6.07, 6.45) is 11.4. The molecule has 0 aromatic heterocycles. The number of aliphatic imine (C=N–C) groups is 1. The summed E-state index contributed by atoms with van der Waals surface area (Å²) in [4.78, 5) is 12.8. The molecule has 1 aliphatic carbocycles. The van der Waals surface area contributed by atoms with Crippen molar-refractivity contribution in [1.29, 1.82) is 0 Å². The van der Waals surface area contributed by atoms with E-state index in [-0.39, 0.29) is 0 Å². The first kappa shape index (κ1) is 21.9. The molecule has 0 amide bonds. The van der Waals surface area contributed by atoms with Gasteiger partial charge in [0, 0.05) is 58.9 Å². The molecule has 1 unspecified atom stereocenters. The van der Waals surface area contributed by atoms with Crippen LogP contribution in [0.2, 0.25) is 0 Å². The Morgan fingerprint density at radius 3 is 2.32 bits per heavy atom. The molecule has 3 rings (SSSR count). The number of rotatable bonds is 5. The van der Waals surface area contributed by atoms with E-state index in [4.69, 9.17) is 4.99 Å².